The van der Waals surface area contributed by atoms with Crippen molar-refractivity contribution >= 4 is 24.2 Å². The second kappa shape index (κ2) is 10.1. The van der Waals surface area contributed by atoms with Crippen LogP contribution in [0.2, 0.25) is 0 Å². The Kier molecular flexibility index (Phi) is 7.82. The number of piperidine rings is 1. The Morgan fingerprint density at radius 3 is 2.15 bits per heavy atom. The van der Waals surface area contributed by atoms with Gasteiger partial charge in [0.15, 0.2) is 0 Å². The van der Waals surface area contributed by atoms with Gasteiger partial charge in [0, 0.05) is 24.7 Å². The molecule has 1 aliphatic heterocycles. The molecule has 3 rings (SSSR count). The lowest BCUT2D eigenvalue weighted by Crippen LogP contribution is -2.44. The number of rotatable bonds is 5. The van der Waals surface area contributed by atoms with Crippen LogP contribution in [0.4, 0.5) is 0 Å². The average Bonchev–Trinajstić information content (AvgIpc) is 2.69. The summed E-state index contributed by atoms with van der Waals surface area (Å²) in [6, 6.07) is 18.5. The maximum atomic E-state index is 12.7. The second-order valence-electron chi connectivity index (χ2n) is 6.73. The van der Waals surface area contributed by atoms with Crippen molar-refractivity contribution < 1.29 is 9.59 Å². The molecule has 0 spiro atoms. The third-order valence-corrected chi connectivity index (χ3v) is 4.81. The van der Waals surface area contributed by atoms with Gasteiger partial charge in [-0.25, -0.2) is 0 Å². The molecule has 1 saturated heterocycles. The van der Waals surface area contributed by atoms with Crippen LogP contribution in [0.3, 0.4) is 0 Å². The summed E-state index contributed by atoms with van der Waals surface area (Å²) in [7, 11) is 0. The summed E-state index contributed by atoms with van der Waals surface area (Å²) in [4.78, 5) is 27.2. The Morgan fingerprint density at radius 1 is 1.00 bits per heavy atom. The maximum absolute atomic E-state index is 12.7. The van der Waals surface area contributed by atoms with Gasteiger partial charge in [-0.3, -0.25) is 9.59 Å². The zero-order valence-electron chi connectivity index (χ0n) is 15.2. The smallest absolute Gasteiger partial charge is 0.251 e. The number of nitrogens with zero attached hydrogens (tertiary/aromatic N) is 1. The first-order valence-electron chi connectivity index (χ1n) is 9.07. The Balaban J connectivity index is 0.00000261. The van der Waals surface area contributed by atoms with Crippen molar-refractivity contribution in [1.82, 2.24) is 10.2 Å². The highest BCUT2D eigenvalue weighted by molar-refractivity contribution is 5.94. The van der Waals surface area contributed by atoms with Gasteiger partial charge in [0.25, 0.3) is 5.91 Å². The van der Waals surface area contributed by atoms with Crippen LogP contribution in [0, 0.1) is 0 Å². The molecule has 0 saturated carbocycles. The van der Waals surface area contributed by atoms with Crippen LogP contribution in [-0.4, -0.2) is 35.8 Å². The quantitative estimate of drug-likeness (QED) is 0.828. The molecular weight excluding hydrogens is 362 g/mol. The topological polar surface area (TPSA) is 75.4 Å². The number of carbonyl (C=O) groups excluding carboxylic acids is 2. The molecule has 2 amide bonds. The number of carbonyl (C=O) groups is 2. The molecule has 6 heteroatoms. The predicted molar refractivity (Wildman–Crippen MR) is 109 cm³/mol. The molecule has 2 aromatic rings. The molecule has 0 bridgehead atoms. The molecule has 3 N–H and O–H groups in total. The number of benzene rings is 2. The summed E-state index contributed by atoms with van der Waals surface area (Å²) < 4.78 is 0. The van der Waals surface area contributed by atoms with E-state index in [0.717, 1.165) is 18.4 Å². The van der Waals surface area contributed by atoms with Gasteiger partial charge in [0.05, 0.1) is 12.5 Å². The van der Waals surface area contributed by atoms with E-state index in [2.05, 4.69) is 5.32 Å². The van der Waals surface area contributed by atoms with Crippen molar-refractivity contribution in [3.8, 4) is 0 Å². The second-order valence-corrected chi connectivity index (χ2v) is 6.73. The summed E-state index contributed by atoms with van der Waals surface area (Å²) in [5.74, 6) is -0.118. The molecule has 27 heavy (non-hydrogen) atoms. The van der Waals surface area contributed by atoms with Crippen molar-refractivity contribution in [3.05, 3.63) is 71.8 Å². The van der Waals surface area contributed by atoms with Gasteiger partial charge in [-0.05, 0) is 30.5 Å². The number of nitrogens with two attached hydrogens (primary N) is 1. The minimum Gasteiger partial charge on any atom is -0.345 e. The van der Waals surface area contributed by atoms with Crippen LogP contribution < -0.4 is 11.1 Å². The van der Waals surface area contributed by atoms with Crippen molar-refractivity contribution in [2.45, 2.75) is 31.3 Å². The van der Waals surface area contributed by atoms with Crippen molar-refractivity contribution in [2.75, 3.05) is 13.1 Å². The molecule has 0 radical (unpaired) electrons. The zero-order valence-corrected chi connectivity index (χ0v) is 16.0. The molecule has 0 aliphatic carbocycles. The van der Waals surface area contributed by atoms with Gasteiger partial charge < -0.3 is 16.0 Å². The van der Waals surface area contributed by atoms with E-state index in [-0.39, 0.29) is 42.7 Å². The largest absolute Gasteiger partial charge is 0.345 e. The third kappa shape index (κ3) is 5.81. The van der Waals surface area contributed by atoms with Gasteiger partial charge in [0.1, 0.15) is 0 Å². The SMILES string of the molecule is Cl.NC1CCN(C(=O)CC(NC(=O)c2ccccc2)c2ccccc2)CC1. The predicted octanol–water partition coefficient (Wildman–Crippen LogP) is 2.92. The molecule has 144 valence electrons. The molecule has 1 atom stereocenters. The van der Waals surface area contributed by atoms with Gasteiger partial charge in [0.2, 0.25) is 5.91 Å². The number of halogens is 1. The molecule has 2 aromatic carbocycles. The average molecular weight is 388 g/mol. The van der Waals surface area contributed by atoms with E-state index in [1.54, 1.807) is 12.1 Å². The van der Waals surface area contributed by atoms with Crippen LogP contribution in [0.15, 0.2) is 60.7 Å². The highest BCUT2D eigenvalue weighted by Crippen LogP contribution is 2.20. The van der Waals surface area contributed by atoms with E-state index in [1.807, 2.05) is 53.4 Å². The third-order valence-electron chi connectivity index (χ3n) is 4.81. The van der Waals surface area contributed by atoms with Crippen LogP contribution in [-0.2, 0) is 4.79 Å². The molecule has 1 fully saturated rings. The minimum absolute atomic E-state index is 0. The van der Waals surface area contributed by atoms with Gasteiger partial charge in [-0.2, -0.15) is 0 Å². The molecule has 1 heterocycles. The maximum Gasteiger partial charge on any atom is 0.251 e. The lowest BCUT2D eigenvalue weighted by molar-refractivity contribution is -0.132. The van der Waals surface area contributed by atoms with Gasteiger partial charge in [-0.1, -0.05) is 48.5 Å². The minimum atomic E-state index is -0.355. The number of nitrogens with one attached hydrogen (secondary N) is 1. The molecule has 5 nitrogen and oxygen atoms in total. The Bertz CT molecular complexity index is 732. The summed E-state index contributed by atoms with van der Waals surface area (Å²) in [6.45, 7) is 1.38. The van der Waals surface area contributed by atoms with E-state index in [4.69, 9.17) is 5.73 Å². The van der Waals surface area contributed by atoms with E-state index in [0.29, 0.717) is 18.7 Å². The van der Waals surface area contributed by atoms with E-state index < -0.39 is 0 Å². The lowest BCUT2D eigenvalue weighted by Gasteiger charge is -2.31. The number of hydrogen-bond donors (Lipinski definition) is 2. The Labute approximate surface area is 166 Å². The van der Waals surface area contributed by atoms with E-state index >= 15 is 0 Å². The molecular formula is C21H26ClN3O2. The highest BCUT2D eigenvalue weighted by Gasteiger charge is 2.25. The molecule has 1 unspecified atom stereocenters. The normalized spacial score (nSPS) is 15.5. The van der Waals surface area contributed by atoms with Gasteiger partial charge >= 0.3 is 0 Å². The first-order chi connectivity index (χ1) is 12.6. The fourth-order valence-corrected chi connectivity index (χ4v) is 3.22. The lowest BCUT2D eigenvalue weighted by atomic mass is 10.0. The summed E-state index contributed by atoms with van der Waals surface area (Å²) >= 11 is 0. The molecule has 0 aromatic heterocycles. The van der Waals surface area contributed by atoms with Crippen molar-refractivity contribution in [1.29, 1.82) is 0 Å². The first-order valence-corrected chi connectivity index (χ1v) is 9.07. The zero-order chi connectivity index (χ0) is 18.4. The Hall–Kier alpha value is -2.37. The van der Waals surface area contributed by atoms with Gasteiger partial charge in [-0.15, -0.1) is 12.4 Å². The highest BCUT2D eigenvalue weighted by atomic mass is 35.5. The molecule has 1 aliphatic rings. The van der Waals surface area contributed by atoms with Crippen LogP contribution >= 0.6 is 12.4 Å². The standard InChI is InChI=1S/C21H25N3O2.ClH/c22-18-11-13-24(14-12-18)20(25)15-19(16-7-3-1-4-8-16)23-21(26)17-9-5-2-6-10-17;/h1-10,18-19H,11-15,22H2,(H,23,26);1H. The fraction of sp³-hybridized carbons (Fsp3) is 0.333. The van der Waals surface area contributed by atoms with Crippen LogP contribution in [0.25, 0.3) is 0 Å². The van der Waals surface area contributed by atoms with Crippen LogP contribution in [0.5, 0.6) is 0 Å². The monoisotopic (exact) mass is 387 g/mol. The summed E-state index contributed by atoms with van der Waals surface area (Å²) in [5.41, 5.74) is 7.44. The van der Waals surface area contributed by atoms with Crippen molar-refractivity contribution in [2.24, 2.45) is 5.73 Å². The van der Waals surface area contributed by atoms with E-state index in [1.165, 1.54) is 0 Å². The first kappa shape index (κ1) is 20.9. The number of likely N-dealkylation sites (tertiary alicyclic amines) is 1. The van der Waals surface area contributed by atoms with Crippen molar-refractivity contribution in [3.63, 3.8) is 0 Å². The summed E-state index contributed by atoms with van der Waals surface area (Å²) in [5, 5.41) is 3.02. The fourth-order valence-electron chi connectivity index (χ4n) is 3.22. The number of amides is 2. The van der Waals surface area contributed by atoms with Crippen LogP contribution in [0.1, 0.15) is 41.2 Å². The summed E-state index contributed by atoms with van der Waals surface area (Å²) in [6.07, 6.45) is 1.91. The number of hydrogen-bond acceptors (Lipinski definition) is 3. The Morgan fingerprint density at radius 2 is 1.56 bits per heavy atom. The van der Waals surface area contributed by atoms with E-state index in [9.17, 15) is 9.59 Å².